The molecule has 0 bridgehead atoms. The van der Waals surface area contributed by atoms with Crippen molar-refractivity contribution >= 4 is 5.91 Å². The van der Waals surface area contributed by atoms with Gasteiger partial charge in [-0.25, -0.2) is 0 Å². The Bertz CT molecular complexity index is 455. The van der Waals surface area contributed by atoms with E-state index in [0.29, 0.717) is 5.56 Å². The highest BCUT2D eigenvalue weighted by atomic mass is 19.3. The van der Waals surface area contributed by atoms with E-state index in [4.69, 9.17) is 0 Å². The Morgan fingerprint density at radius 2 is 1.80 bits per heavy atom. The van der Waals surface area contributed by atoms with E-state index in [2.05, 4.69) is 10.1 Å². The van der Waals surface area contributed by atoms with Gasteiger partial charge in [-0.15, -0.1) is 0 Å². The molecule has 1 aliphatic rings. The number of alkyl halides is 2. The summed E-state index contributed by atoms with van der Waals surface area (Å²) in [4.78, 5) is 14.3. The average Bonchev–Trinajstić information content (AvgIpc) is 2.38. The van der Waals surface area contributed by atoms with Crippen molar-refractivity contribution in [1.29, 1.82) is 0 Å². The van der Waals surface area contributed by atoms with Crippen LogP contribution in [-0.4, -0.2) is 42.6 Å². The lowest BCUT2D eigenvalue weighted by Gasteiger charge is -2.39. The molecule has 1 heterocycles. The molecule has 110 valence electrons. The Morgan fingerprint density at radius 1 is 1.25 bits per heavy atom. The molecular formula is C14H18F2N2O2. The van der Waals surface area contributed by atoms with Crippen LogP contribution in [0.25, 0.3) is 0 Å². The van der Waals surface area contributed by atoms with Crippen LogP contribution in [0, 0.1) is 0 Å². The first-order valence-electron chi connectivity index (χ1n) is 6.57. The van der Waals surface area contributed by atoms with E-state index in [1.54, 1.807) is 0 Å². The molecule has 1 saturated heterocycles. The lowest BCUT2D eigenvalue weighted by molar-refractivity contribution is -0.0498. The fourth-order valence-electron chi connectivity index (χ4n) is 2.46. The third-order valence-electron chi connectivity index (χ3n) is 3.39. The largest absolute Gasteiger partial charge is 0.435 e. The van der Waals surface area contributed by atoms with E-state index in [9.17, 15) is 13.6 Å². The Kier molecular flexibility index (Phi) is 4.54. The maximum Gasteiger partial charge on any atom is 0.387 e. The smallest absolute Gasteiger partial charge is 0.387 e. The summed E-state index contributed by atoms with van der Waals surface area (Å²) in [6, 6.07) is 6.00. The second-order valence-corrected chi connectivity index (χ2v) is 4.97. The Hall–Kier alpha value is -1.69. The first-order valence-corrected chi connectivity index (χ1v) is 6.57. The summed E-state index contributed by atoms with van der Waals surface area (Å²) in [5.74, 6) is -0.0342. The highest BCUT2D eigenvalue weighted by molar-refractivity contribution is 5.94. The zero-order valence-electron chi connectivity index (χ0n) is 11.5. The van der Waals surface area contributed by atoms with Gasteiger partial charge in [0.2, 0.25) is 0 Å². The second kappa shape index (κ2) is 6.17. The van der Waals surface area contributed by atoms with Crippen LogP contribution in [0.3, 0.4) is 0 Å². The van der Waals surface area contributed by atoms with Crippen molar-refractivity contribution in [3.63, 3.8) is 0 Å². The molecule has 0 radical (unpaired) electrons. The van der Waals surface area contributed by atoms with Crippen molar-refractivity contribution in [2.45, 2.75) is 32.5 Å². The number of hydrogen-bond acceptors (Lipinski definition) is 3. The van der Waals surface area contributed by atoms with Crippen LogP contribution in [0.4, 0.5) is 8.78 Å². The van der Waals surface area contributed by atoms with Gasteiger partial charge in [-0.3, -0.25) is 4.79 Å². The number of hydrogen-bond donors (Lipinski definition) is 1. The Labute approximate surface area is 116 Å². The SMILES string of the molecule is CC1CNCC(C)N1C(=O)c1ccc(OC(F)F)cc1. The minimum atomic E-state index is -2.86. The number of nitrogens with one attached hydrogen (secondary N) is 1. The molecular weight excluding hydrogens is 266 g/mol. The molecule has 1 fully saturated rings. The van der Waals surface area contributed by atoms with E-state index < -0.39 is 6.61 Å². The van der Waals surface area contributed by atoms with Crippen molar-refractivity contribution in [2.24, 2.45) is 0 Å². The van der Waals surface area contributed by atoms with Crippen molar-refractivity contribution in [3.05, 3.63) is 29.8 Å². The molecule has 1 amide bonds. The summed E-state index contributed by atoms with van der Waals surface area (Å²) in [6.45, 7) is 2.61. The maximum absolute atomic E-state index is 12.5. The molecule has 0 spiro atoms. The molecule has 1 aromatic carbocycles. The quantitative estimate of drug-likeness (QED) is 0.924. The lowest BCUT2D eigenvalue weighted by atomic mass is 10.1. The predicted octanol–water partition coefficient (Wildman–Crippen LogP) is 2.11. The maximum atomic E-state index is 12.5. The van der Waals surface area contributed by atoms with E-state index >= 15 is 0 Å². The first kappa shape index (κ1) is 14.7. The molecule has 2 unspecified atom stereocenters. The van der Waals surface area contributed by atoms with Crippen molar-refractivity contribution < 1.29 is 18.3 Å². The monoisotopic (exact) mass is 284 g/mol. The van der Waals surface area contributed by atoms with Crippen molar-refractivity contribution in [1.82, 2.24) is 10.2 Å². The van der Waals surface area contributed by atoms with Crippen molar-refractivity contribution in [2.75, 3.05) is 13.1 Å². The van der Waals surface area contributed by atoms with Gasteiger partial charge in [-0.2, -0.15) is 8.78 Å². The fourth-order valence-corrected chi connectivity index (χ4v) is 2.46. The molecule has 0 aromatic heterocycles. The number of nitrogens with zero attached hydrogens (tertiary/aromatic N) is 1. The van der Waals surface area contributed by atoms with Crippen LogP contribution in [0.5, 0.6) is 5.75 Å². The fraction of sp³-hybridized carbons (Fsp3) is 0.500. The summed E-state index contributed by atoms with van der Waals surface area (Å²) in [6.07, 6.45) is 0. The number of carbonyl (C=O) groups is 1. The molecule has 0 saturated carbocycles. The van der Waals surface area contributed by atoms with E-state index in [1.807, 2.05) is 18.7 Å². The number of carbonyl (C=O) groups excluding carboxylic acids is 1. The van der Waals surface area contributed by atoms with Crippen LogP contribution in [-0.2, 0) is 0 Å². The van der Waals surface area contributed by atoms with Gasteiger partial charge in [0.15, 0.2) is 0 Å². The van der Waals surface area contributed by atoms with Crippen LogP contribution in [0.15, 0.2) is 24.3 Å². The van der Waals surface area contributed by atoms with Gasteiger partial charge in [0.05, 0.1) is 0 Å². The highest BCUT2D eigenvalue weighted by Crippen LogP contribution is 2.19. The summed E-state index contributed by atoms with van der Waals surface area (Å²) in [5, 5.41) is 3.25. The molecule has 0 aliphatic carbocycles. The van der Waals surface area contributed by atoms with E-state index in [-0.39, 0.29) is 23.7 Å². The Balaban J connectivity index is 2.12. The normalized spacial score (nSPS) is 22.9. The highest BCUT2D eigenvalue weighted by Gasteiger charge is 2.29. The van der Waals surface area contributed by atoms with Crippen molar-refractivity contribution in [3.8, 4) is 5.75 Å². The summed E-state index contributed by atoms with van der Waals surface area (Å²) < 4.78 is 28.4. The molecule has 1 aromatic rings. The lowest BCUT2D eigenvalue weighted by Crippen LogP contribution is -2.57. The first-order chi connectivity index (χ1) is 9.49. The van der Waals surface area contributed by atoms with Gasteiger partial charge in [0.1, 0.15) is 5.75 Å². The van der Waals surface area contributed by atoms with Gasteiger partial charge < -0.3 is 15.0 Å². The average molecular weight is 284 g/mol. The number of amides is 1. The predicted molar refractivity (Wildman–Crippen MR) is 71.0 cm³/mol. The number of halogens is 2. The topological polar surface area (TPSA) is 41.6 Å². The minimum Gasteiger partial charge on any atom is -0.435 e. The van der Waals surface area contributed by atoms with E-state index in [1.165, 1.54) is 24.3 Å². The molecule has 4 nitrogen and oxygen atoms in total. The third kappa shape index (κ3) is 3.25. The van der Waals surface area contributed by atoms with Gasteiger partial charge in [-0.1, -0.05) is 0 Å². The molecule has 1 aliphatic heterocycles. The van der Waals surface area contributed by atoms with Crippen LogP contribution in [0.2, 0.25) is 0 Å². The summed E-state index contributed by atoms with van der Waals surface area (Å²) in [7, 11) is 0. The van der Waals surface area contributed by atoms with Gasteiger partial charge in [0, 0.05) is 30.7 Å². The standard InChI is InChI=1S/C14H18F2N2O2/c1-9-7-17-8-10(2)18(9)13(19)11-3-5-12(6-4-11)20-14(15)16/h3-6,9-10,14,17H,7-8H2,1-2H3. The minimum absolute atomic E-state index is 0.0537. The molecule has 2 rings (SSSR count). The second-order valence-electron chi connectivity index (χ2n) is 4.97. The van der Waals surface area contributed by atoms with Crippen LogP contribution < -0.4 is 10.1 Å². The number of rotatable bonds is 3. The third-order valence-corrected chi connectivity index (χ3v) is 3.39. The summed E-state index contributed by atoms with van der Waals surface area (Å²) >= 11 is 0. The van der Waals surface area contributed by atoms with Crippen LogP contribution >= 0.6 is 0 Å². The van der Waals surface area contributed by atoms with Gasteiger partial charge in [-0.05, 0) is 38.1 Å². The van der Waals surface area contributed by atoms with Gasteiger partial charge in [0.25, 0.3) is 5.91 Å². The van der Waals surface area contributed by atoms with Crippen LogP contribution in [0.1, 0.15) is 24.2 Å². The molecule has 6 heteroatoms. The number of benzene rings is 1. The zero-order valence-corrected chi connectivity index (χ0v) is 11.5. The van der Waals surface area contributed by atoms with Gasteiger partial charge >= 0.3 is 6.61 Å². The number of piperazine rings is 1. The zero-order chi connectivity index (χ0) is 14.7. The summed E-state index contributed by atoms with van der Waals surface area (Å²) in [5.41, 5.74) is 0.479. The van der Waals surface area contributed by atoms with E-state index in [0.717, 1.165) is 13.1 Å². The molecule has 1 N–H and O–H groups in total. The Morgan fingerprint density at radius 3 is 2.30 bits per heavy atom. The molecule has 2 atom stereocenters. The molecule has 20 heavy (non-hydrogen) atoms. The number of ether oxygens (including phenoxy) is 1.